The number of nitrogens with one attached hydrogen (secondary N) is 1. The van der Waals surface area contributed by atoms with E-state index in [2.05, 4.69) is 25.9 Å². The van der Waals surface area contributed by atoms with Crippen molar-refractivity contribution in [3.8, 4) is 5.75 Å². The van der Waals surface area contributed by atoms with Gasteiger partial charge >= 0.3 is 0 Å². The third kappa shape index (κ3) is 2.90. The third-order valence-electron chi connectivity index (χ3n) is 3.37. The molecule has 2 heterocycles. The van der Waals surface area contributed by atoms with Gasteiger partial charge in [-0.3, -0.25) is 4.79 Å². The highest BCUT2D eigenvalue weighted by Gasteiger charge is 2.25. The number of aromatic nitrogens is 2. The maximum absolute atomic E-state index is 14.5. The highest BCUT2D eigenvalue weighted by molar-refractivity contribution is 9.10. The van der Waals surface area contributed by atoms with Gasteiger partial charge in [-0.2, -0.15) is 0 Å². The van der Waals surface area contributed by atoms with Crippen LogP contribution in [0.1, 0.15) is 15.9 Å². The smallest absolute Gasteiger partial charge is 0.201 e. The molecule has 0 aliphatic rings. The second-order valence-electron chi connectivity index (χ2n) is 4.89. The number of hydrogen-bond acceptors (Lipinski definition) is 4. The van der Waals surface area contributed by atoms with Gasteiger partial charge in [-0.25, -0.2) is 13.8 Å². The van der Waals surface area contributed by atoms with Crippen LogP contribution in [-0.2, 0) is 0 Å². The number of halogens is 3. The van der Waals surface area contributed by atoms with E-state index < -0.39 is 23.0 Å². The summed E-state index contributed by atoms with van der Waals surface area (Å²) < 4.78 is 34.2. The summed E-state index contributed by atoms with van der Waals surface area (Å²) in [4.78, 5) is 19.5. The van der Waals surface area contributed by atoms with Crippen LogP contribution < -0.4 is 4.74 Å². The first-order valence-corrected chi connectivity index (χ1v) is 7.71. The molecule has 0 atom stereocenters. The van der Waals surface area contributed by atoms with Crippen molar-refractivity contribution in [2.24, 2.45) is 0 Å². The number of carbonyl (C=O) groups is 1. The number of rotatable bonds is 5. The Morgan fingerprint density at radius 2 is 2.17 bits per heavy atom. The molecule has 0 unspecified atom stereocenters. The fraction of sp³-hybridized carbons (Fsp3) is 0.125. The first kappa shape index (κ1) is 16.5. The minimum atomic E-state index is -1.11. The predicted molar refractivity (Wildman–Crippen MR) is 86.2 cm³/mol. The summed E-state index contributed by atoms with van der Waals surface area (Å²) in [6.45, 7) is -0.498. The number of aliphatic hydroxyl groups is 1. The molecule has 0 aliphatic carbocycles. The fourth-order valence-electron chi connectivity index (χ4n) is 2.31. The Kier molecular flexibility index (Phi) is 4.59. The largest absolute Gasteiger partial charge is 0.488 e. The van der Waals surface area contributed by atoms with Crippen molar-refractivity contribution >= 4 is 32.7 Å². The normalized spacial score (nSPS) is 11.0. The van der Waals surface area contributed by atoms with Crippen molar-refractivity contribution in [2.75, 3.05) is 13.2 Å². The summed E-state index contributed by atoms with van der Waals surface area (Å²) >= 11 is 3.25. The molecule has 0 spiro atoms. The lowest BCUT2D eigenvalue weighted by atomic mass is 10.0. The zero-order chi connectivity index (χ0) is 17.3. The molecule has 3 rings (SSSR count). The number of fused-ring (bicyclic) bond motifs is 1. The zero-order valence-electron chi connectivity index (χ0n) is 12.1. The molecule has 0 saturated heterocycles. The van der Waals surface area contributed by atoms with Crippen LogP contribution in [0, 0.1) is 11.6 Å². The van der Waals surface area contributed by atoms with Gasteiger partial charge in [0.05, 0.1) is 12.2 Å². The molecule has 8 heteroatoms. The van der Waals surface area contributed by atoms with E-state index in [0.717, 1.165) is 12.1 Å². The highest BCUT2D eigenvalue weighted by Crippen LogP contribution is 2.28. The average Bonchev–Trinajstić information content (AvgIpc) is 2.97. The first-order chi connectivity index (χ1) is 11.5. The van der Waals surface area contributed by atoms with Crippen molar-refractivity contribution in [3.63, 3.8) is 0 Å². The van der Waals surface area contributed by atoms with E-state index in [1.165, 1.54) is 12.4 Å². The van der Waals surface area contributed by atoms with Crippen LogP contribution in [0.3, 0.4) is 0 Å². The number of hydrogen-bond donors (Lipinski definition) is 2. The maximum Gasteiger partial charge on any atom is 0.201 e. The molecule has 5 nitrogen and oxygen atoms in total. The molecule has 1 aromatic carbocycles. The Morgan fingerprint density at radius 3 is 2.92 bits per heavy atom. The third-order valence-corrected chi connectivity index (χ3v) is 3.81. The molecule has 2 N–H and O–H groups in total. The quantitative estimate of drug-likeness (QED) is 0.649. The number of carbonyl (C=O) groups excluding carboxylic acids is 1. The Hall–Kier alpha value is -2.32. The Labute approximate surface area is 143 Å². The highest BCUT2D eigenvalue weighted by atomic mass is 79.9. The molecule has 3 aromatic rings. The van der Waals surface area contributed by atoms with E-state index in [1.807, 2.05) is 0 Å². The van der Waals surface area contributed by atoms with Crippen molar-refractivity contribution in [1.29, 1.82) is 0 Å². The number of benzene rings is 1. The van der Waals surface area contributed by atoms with E-state index >= 15 is 0 Å². The van der Waals surface area contributed by atoms with Crippen molar-refractivity contribution in [3.05, 3.63) is 57.8 Å². The van der Waals surface area contributed by atoms with Gasteiger partial charge < -0.3 is 14.8 Å². The summed E-state index contributed by atoms with van der Waals surface area (Å²) in [6, 6.07) is 3.66. The topological polar surface area (TPSA) is 75.2 Å². The minimum Gasteiger partial charge on any atom is -0.488 e. The summed E-state index contributed by atoms with van der Waals surface area (Å²) in [6.07, 6.45) is 2.89. The van der Waals surface area contributed by atoms with E-state index in [0.29, 0.717) is 15.5 Å². The fourth-order valence-corrected chi connectivity index (χ4v) is 2.64. The Balaban J connectivity index is 2.10. The van der Waals surface area contributed by atoms with Crippen LogP contribution in [0.2, 0.25) is 0 Å². The lowest BCUT2D eigenvalue weighted by Crippen LogP contribution is -2.10. The van der Waals surface area contributed by atoms with Gasteiger partial charge in [0, 0.05) is 27.8 Å². The molecular weight excluding hydrogens is 386 g/mol. The Morgan fingerprint density at radius 1 is 1.38 bits per heavy atom. The number of aromatic amines is 1. The van der Waals surface area contributed by atoms with Gasteiger partial charge in [-0.1, -0.05) is 0 Å². The molecule has 2 aromatic heterocycles. The zero-order valence-corrected chi connectivity index (χ0v) is 13.7. The predicted octanol–water partition coefficient (Wildman–Crippen LogP) is 3.21. The number of pyridine rings is 1. The summed E-state index contributed by atoms with van der Waals surface area (Å²) in [5, 5.41) is 9.18. The van der Waals surface area contributed by atoms with Gasteiger partial charge in [0.1, 0.15) is 18.1 Å². The van der Waals surface area contributed by atoms with Crippen molar-refractivity contribution in [1.82, 2.24) is 9.97 Å². The monoisotopic (exact) mass is 396 g/mol. The number of aliphatic hydroxyl groups excluding tert-OH is 1. The number of ketones is 1. The van der Waals surface area contributed by atoms with E-state index in [4.69, 9.17) is 9.84 Å². The van der Waals surface area contributed by atoms with Crippen molar-refractivity contribution in [2.45, 2.75) is 0 Å². The molecule has 124 valence electrons. The SMILES string of the molecule is O=C(c1c(F)ccc(OCCO)c1F)c1c[nH]c2ncc(Br)cc12. The summed E-state index contributed by atoms with van der Waals surface area (Å²) in [5.74, 6) is -3.23. The molecule has 0 aliphatic heterocycles. The number of ether oxygens (including phenoxy) is 1. The van der Waals surface area contributed by atoms with Gasteiger partial charge in [0.2, 0.25) is 5.78 Å². The van der Waals surface area contributed by atoms with Crippen LogP contribution in [0.25, 0.3) is 11.0 Å². The minimum absolute atomic E-state index is 0.0934. The standard InChI is InChI=1S/C16H11BrF2N2O3/c17-8-5-9-10(7-21-16(9)20-6-8)15(23)13-11(18)1-2-12(14(13)19)24-4-3-22/h1-2,5-7,22H,3-4H2,(H,20,21). The second-order valence-corrected chi connectivity index (χ2v) is 5.80. The maximum atomic E-state index is 14.5. The lowest BCUT2D eigenvalue weighted by molar-refractivity contribution is 0.103. The summed E-state index contributed by atoms with van der Waals surface area (Å²) in [7, 11) is 0. The molecule has 0 fully saturated rings. The van der Waals surface area contributed by atoms with E-state index in [9.17, 15) is 13.6 Å². The van der Waals surface area contributed by atoms with Gasteiger partial charge in [0.15, 0.2) is 11.6 Å². The summed E-state index contributed by atoms with van der Waals surface area (Å²) in [5.41, 5.74) is -0.197. The van der Waals surface area contributed by atoms with E-state index in [-0.39, 0.29) is 24.5 Å². The van der Waals surface area contributed by atoms with Gasteiger partial charge in [-0.05, 0) is 34.1 Å². The lowest BCUT2D eigenvalue weighted by Gasteiger charge is -2.09. The average molecular weight is 397 g/mol. The molecule has 24 heavy (non-hydrogen) atoms. The van der Waals surface area contributed by atoms with Crippen LogP contribution in [0.15, 0.2) is 35.1 Å². The number of H-pyrrole nitrogens is 1. The van der Waals surface area contributed by atoms with E-state index in [1.54, 1.807) is 6.07 Å². The molecule has 0 saturated carbocycles. The second kappa shape index (κ2) is 6.66. The van der Waals surface area contributed by atoms with Crippen LogP contribution in [0.5, 0.6) is 5.75 Å². The van der Waals surface area contributed by atoms with Crippen LogP contribution in [0.4, 0.5) is 8.78 Å². The van der Waals surface area contributed by atoms with Gasteiger partial charge in [-0.15, -0.1) is 0 Å². The van der Waals surface area contributed by atoms with Crippen LogP contribution in [-0.4, -0.2) is 34.1 Å². The molecular formula is C16H11BrF2N2O3. The first-order valence-electron chi connectivity index (χ1n) is 6.92. The van der Waals surface area contributed by atoms with Gasteiger partial charge in [0.25, 0.3) is 0 Å². The Bertz CT molecular complexity index is 927. The molecule has 0 radical (unpaired) electrons. The van der Waals surface area contributed by atoms with Crippen LogP contribution >= 0.6 is 15.9 Å². The van der Waals surface area contributed by atoms with Crippen molar-refractivity contribution < 1.29 is 23.4 Å². The molecule has 0 bridgehead atoms. The number of nitrogens with zero attached hydrogens (tertiary/aromatic N) is 1. The molecule has 0 amide bonds.